The van der Waals surface area contributed by atoms with Gasteiger partial charge in [0.15, 0.2) is 0 Å². The molecule has 1 atom stereocenters. The summed E-state index contributed by atoms with van der Waals surface area (Å²) < 4.78 is 0. The number of rotatable bonds is 4. The number of aromatic nitrogens is 3. The SMILES string of the molecule is CC#CCCC(NC)c1ncn[nH]1. The molecule has 0 radical (unpaired) electrons. The highest BCUT2D eigenvalue weighted by atomic mass is 15.2. The lowest BCUT2D eigenvalue weighted by Crippen LogP contribution is -2.17. The van der Waals surface area contributed by atoms with Gasteiger partial charge in [-0.25, -0.2) is 4.98 Å². The Labute approximate surface area is 78.2 Å². The van der Waals surface area contributed by atoms with Crippen LogP contribution in [-0.2, 0) is 0 Å². The monoisotopic (exact) mass is 178 g/mol. The van der Waals surface area contributed by atoms with Gasteiger partial charge in [0.2, 0.25) is 0 Å². The van der Waals surface area contributed by atoms with Crippen LogP contribution < -0.4 is 5.32 Å². The highest BCUT2D eigenvalue weighted by Crippen LogP contribution is 2.11. The largest absolute Gasteiger partial charge is 0.310 e. The van der Waals surface area contributed by atoms with E-state index in [1.54, 1.807) is 0 Å². The van der Waals surface area contributed by atoms with Crippen LogP contribution in [0.25, 0.3) is 0 Å². The molecule has 0 amide bonds. The molecular weight excluding hydrogens is 164 g/mol. The van der Waals surface area contributed by atoms with E-state index in [1.165, 1.54) is 6.33 Å². The van der Waals surface area contributed by atoms with Gasteiger partial charge < -0.3 is 5.32 Å². The van der Waals surface area contributed by atoms with E-state index in [-0.39, 0.29) is 6.04 Å². The maximum atomic E-state index is 4.09. The minimum atomic E-state index is 0.225. The van der Waals surface area contributed by atoms with Crippen LogP contribution in [0.2, 0.25) is 0 Å². The minimum Gasteiger partial charge on any atom is -0.310 e. The van der Waals surface area contributed by atoms with Crippen molar-refractivity contribution in [1.82, 2.24) is 20.5 Å². The Hall–Kier alpha value is -1.34. The zero-order chi connectivity index (χ0) is 9.52. The minimum absolute atomic E-state index is 0.225. The van der Waals surface area contributed by atoms with Gasteiger partial charge in [-0.3, -0.25) is 5.10 Å². The van der Waals surface area contributed by atoms with E-state index in [0.29, 0.717) is 0 Å². The second kappa shape index (κ2) is 5.33. The van der Waals surface area contributed by atoms with Crippen LogP contribution in [0.15, 0.2) is 6.33 Å². The molecule has 0 saturated carbocycles. The van der Waals surface area contributed by atoms with E-state index >= 15 is 0 Å². The van der Waals surface area contributed by atoms with Crippen LogP contribution in [0, 0.1) is 11.8 Å². The van der Waals surface area contributed by atoms with E-state index in [0.717, 1.165) is 18.7 Å². The number of aromatic amines is 1. The molecule has 0 bridgehead atoms. The molecule has 4 nitrogen and oxygen atoms in total. The van der Waals surface area contributed by atoms with Crippen LogP contribution in [-0.4, -0.2) is 22.2 Å². The van der Waals surface area contributed by atoms with Gasteiger partial charge in [0.05, 0.1) is 6.04 Å². The van der Waals surface area contributed by atoms with E-state index in [2.05, 4.69) is 32.3 Å². The Morgan fingerprint density at radius 1 is 1.69 bits per heavy atom. The first kappa shape index (κ1) is 9.75. The van der Waals surface area contributed by atoms with Gasteiger partial charge in [0, 0.05) is 6.42 Å². The second-order valence-electron chi connectivity index (χ2n) is 2.68. The Morgan fingerprint density at radius 3 is 3.08 bits per heavy atom. The van der Waals surface area contributed by atoms with Crippen LogP contribution in [0.1, 0.15) is 31.6 Å². The fourth-order valence-electron chi connectivity index (χ4n) is 1.14. The third-order valence-electron chi connectivity index (χ3n) is 1.85. The van der Waals surface area contributed by atoms with E-state index in [4.69, 9.17) is 0 Å². The molecule has 0 fully saturated rings. The summed E-state index contributed by atoms with van der Waals surface area (Å²) in [5, 5.41) is 9.81. The van der Waals surface area contributed by atoms with Crippen molar-refractivity contribution in [2.24, 2.45) is 0 Å². The maximum Gasteiger partial charge on any atom is 0.141 e. The highest BCUT2D eigenvalue weighted by molar-refractivity contribution is 4.98. The highest BCUT2D eigenvalue weighted by Gasteiger charge is 2.10. The summed E-state index contributed by atoms with van der Waals surface area (Å²) in [5.74, 6) is 6.77. The Kier molecular flexibility index (Phi) is 4.00. The smallest absolute Gasteiger partial charge is 0.141 e. The van der Waals surface area contributed by atoms with Crippen LogP contribution in [0.5, 0.6) is 0 Å². The topological polar surface area (TPSA) is 53.6 Å². The van der Waals surface area contributed by atoms with E-state index < -0.39 is 0 Å². The molecule has 4 heteroatoms. The zero-order valence-corrected chi connectivity index (χ0v) is 7.96. The molecule has 2 N–H and O–H groups in total. The van der Waals surface area contributed by atoms with Crippen molar-refractivity contribution in [2.45, 2.75) is 25.8 Å². The number of nitrogens with one attached hydrogen (secondary N) is 2. The van der Waals surface area contributed by atoms with Gasteiger partial charge in [-0.05, 0) is 20.4 Å². The number of hydrogen-bond donors (Lipinski definition) is 2. The molecule has 70 valence electrons. The molecule has 1 heterocycles. The summed E-state index contributed by atoms with van der Waals surface area (Å²) in [6.07, 6.45) is 3.35. The predicted molar refractivity (Wildman–Crippen MR) is 50.9 cm³/mol. The molecular formula is C9H14N4. The molecule has 0 aliphatic carbocycles. The third-order valence-corrected chi connectivity index (χ3v) is 1.85. The Morgan fingerprint density at radius 2 is 2.54 bits per heavy atom. The van der Waals surface area contributed by atoms with Crippen LogP contribution >= 0.6 is 0 Å². The first-order valence-corrected chi connectivity index (χ1v) is 4.30. The van der Waals surface area contributed by atoms with Crippen molar-refractivity contribution >= 4 is 0 Å². The van der Waals surface area contributed by atoms with Gasteiger partial charge in [0.25, 0.3) is 0 Å². The molecule has 13 heavy (non-hydrogen) atoms. The molecule has 1 aromatic rings. The summed E-state index contributed by atoms with van der Waals surface area (Å²) in [4.78, 5) is 4.09. The maximum absolute atomic E-state index is 4.09. The van der Waals surface area contributed by atoms with Crippen molar-refractivity contribution in [3.63, 3.8) is 0 Å². The van der Waals surface area contributed by atoms with Crippen LogP contribution in [0.3, 0.4) is 0 Å². The first-order valence-electron chi connectivity index (χ1n) is 4.30. The van der Waals surface area contributed by atoms with Gasteiger partial charge in [0.1, 0.15) is 12.2 Å². The van der Waals surface area contributed by atoms with Gasteiger partial charge in [-0.15, -0.1) is 11.8 Å². The van der Waals surface area contributed by atoms with E-state index in [1.807, 2.05) is 14.0 Å². The Balaban J connectivity index is 2.47. The molecule has 0 saturated heterocycles. The lowest BCUT2D eigenvalue weighted by atomic mass is 10.1. The summed E-state index contributed by atoms with van der Waals surface area (Å²) >= 11 is 0. The van der Waals surface area contributed by atoms with Crippen molar-refractivity contribution in [3.8, 4) is 11.8 Å². The number of H-pyrrole nitrogens is 1. The van der Waals surface area contributed by atoms with Crippen molar-refractivity contribution < 1.29 is 0 Å². The third kappa shape index (κ3) is 2.88. The summed E-state index contributed by atoms with van der Waals surface area (Å²) in [6, 6.07) is 0.225. The average Bonchev–Trinajstić information content (AvgIpc) is 2.65. The Bertz CT molecular complexity index is 280. The predicted octanol–water partition coefficient (Wildman–Crippen LogP) is 0.869. The molecule has 0 aliphatic heterocycles. The fourth-order valence-corrected chi connectivity index (χ4v) is 1.14. The molecule has 1 rings (SSSR count). The van der Waals surface area contributed by atoms with Crippen molar-refractivity contribution in [2.75, 3.05) is 7.05 Å². The van der Waals surface area contributed by atoms with Crippen molar-refractivity contribution in [1.29, 1.82) is 0 Å². The van der Waals surface area contributed by atoms with Gasteiger partial charge in [-0.2, -0.15) is 5.10 Å². The molecule has 1 aromatic heterocycles. The number of nitrogens with zero attached hydrogens (tertiary/aromatic N) is 2. The summed E-state index contributed by atoms with van der Waals surface area (Å²) in [6.45, 7) is 1.85. The fraction of sp³-hybridized carbons (Fsp3) is 0.556. The van der Waals surface area contributed by atoms with Gasteiger partial charge in [-0.1, -0.05) is 0 Å². The first-order chi connectivity index (χ1) is 6.38. The van der Waals surface area contributed by atoms with Gasteiger partial charge >= 0.3 is 0 Å². The molecule has 0 spiro atoms. The zero-order valence-electron chi connectivity index (χ0n) is 7.96. The summed E-state index contributed by atoms with van der Waals surface area (Å²) in [5.41, 5.74) is 0. The second-order valence-corrected chi connectivity index (χ2v) is 2.68. The average molecular weight is 178 g/mol. The molecule has 0 aliphatic rings. The number of hydrogen-bond acceptors (Lipinski definition) is 3. The molecule has 0 aromatic carbocycles. The molecule has 1 unspecified atom stereocenters. The standard InChI is InChI=1S/C9H14N4/c1-3-4-5-6-8(10-2)9-11-7-12-13-9/h7-8,10H,5-6H2,1-2H3,(H,11,12,13). The van der Waals surface area contributed by atoms with Crippen molar-refractivity contribution in [3.05, 3.63) is 12.2 Å². The quantitative estimate of drug-likeness (QED) is 0.673. The van der Waals surface area contributed by atoms with Crippen LogP contribution in [0.4, 0.5) is 0 Å². The normalized spacial score (nSPS) is 11.8. The summed E-state index contributed by atoms with van der Waals surface area (Å²) in [7, 11) is 1.91. The van der Waals surface area contributed by atoms with E-state index in [9.17, 15) is 0 Å². The lowest BCUT2D eigenvalue weighted by molar-refractivity contribution is 0.530. The lowest BCUT2D eigenvalue weighted by Gasteiger charge is -2.10.